The second-order valence-electron chi connectivity index (χ2n) is 6.33. The van der Waals surface area contributed by atoms with Crippen LogP contribution in [0, 0.1) is 11.3 Å². The van der Waals surface area contributed by atoms with Crippen molar-refractivity contribution in [2.45, 2.75) is 24.7 Å². The van der Waals surface area contributed by atoms with Crippen molar-refractivity contribution in [1.29, 1.82) is 5.26 Å². The van der Waals surface area contributed by atoms with Crippen LogP contribution < -0.4 is 15.0 Å². The largest absolute Gasteiger partial charge is 0.482 e. The Balaban J connectivity index is 2.06. The highest BCUT2D eigenvalue weighted by atomic mass is 16.6. The maximum absolute atomic E-state index is 11.5. The van der Waals surface area contributed by atoms with Crippen LogP contribution in [0.5, 0.6) is 11.6 Å². The summed E-state index contributed by atoms with van der Waals surface area (Å²) >= 11 is 0. The van der Waals surface area contributed by atoms with E-state index in [4.69, 9.17) is 14.2 Å². The van der Waals surface area contributed by atoms with Gasteiger partial charge in [0.1, 0.15) is 11.9 Å². The summed E-state index contributed by atoms with van der Waals surface area (Å²) in [6.07, 6.45) is -1.94. The van der Waals surface area contributed by atoms with Gasteiger partial charge in [-0.15, -0.1) is 5.10 Å². The van der Waals surface area contributed by atoms with Crippen LogP contribution in [0.3, 0.4) is 0 Å². The molecule has 3 atom stereocenters. The van der Waals surface area contributed by atoms with Gasteiger partial charge in [0, 0.05) is 31.9 Å². The molecule has 1 aliphatic rings. The highest BCUT2D eigenvalue weighted by Crippen LogP contribution is 2.42. The van der Waals surface area contributed by atoms with E-state index >= 15 is 0 Å². The molecule has 1 aromatic carbocycles. The van der Waals surface area contributed by atoms with Crippen LogP contribution in [0.2, 0.25) is 0 Å². The van der Waals surface area contributed by atoms with Crippen molar-refractivity contribution in [1.82, 2.24) is 9.78 Å². The summed E-state index contributed by atoms with van der Waals surface area (Å²) < 4.78 is 18.2. The highest BCUT2D eigenvalue weighted by Gasteiger charge is 2.48. The van der Waals surface area contributed by atoms with E-state index in [0.29, 0.717) is 16.9 Å². The maximum Gasteiger partial charge on any atom is 0.266 e. The Morgan fingerprint density at radius 2 is 2.19 bits per heavy atom. The number of nitriles is 1. The normalized spacial score (nSPS) is 24.3. The van der Waals surface area contributed by atoms with Crippen LogP contribution in [0.15, 0.2) is 35.1 Å². The maximum atomic E-state index is 11.5. The van der Waals surface area contributed by atoms with Gasteiger partial charge in [-0.05, 0) is 25.1 Å². The Morgan fingerprint density at radius 3 is 2.85 bits per heavy atom. The lowest BCUT2D eigenvalue weighted by Gasteiger charge is -2.43. The molecule has 136 valence electrons. The van der Waals surface area contributed by atoms with Crippen molar-refractivity contribution in [3.8, 4) is 17.7 Å². The first-order valence-corrected chi connectivity index (χ1v) is 7.99. The Bertz CT molecular complexity index is 920. The average molecular weight is 357 g/mol. The van der Waals surface area contributed by atoms with Crippen LogP contribution in [-0.2, 0) is 11.8 Å². The molecule has 1 aromatic heterocycles. The molecule has 0 spiro atoms. The van der Waals surface area contributed by atoms with Gasteiger partial charge in [0.15, 0.2) is 11.7 Å². The molecule has 3 rings (SSSR count). The fraction of sp³-hybridized carbons (Fsp3) is 0.389. The third-order valence-corrected chi connectivity index (χ3v) is 4.32. The van der Waals surface area contributed by atoms with Crippen molar-refractivity contribution in [2.75, 3.05) is 13.7 Å². The van der Waals surface area contributed by atoms with Gasteiger partial charge in [-0.25, -0.2) is 4.68 Å². The molecule has 3 unspecified atom stereocenters. The zero-order chi connectivity index (χ0) is 18.9. The molecule has 1 aliphatic heterocycles. The second-order valence-corrected chi connectivity index (χ2v) is 6.33. The number of hydrogen-bond donors (Lipinski definition) is 1. The minimum atomic E-state index is -1.09. The monoisotopic (exact) mass is 357 g/mol. The number of methoxy groups -OCH3 is 1. The van der Waals surface area contributed by atoms with E-state index in [0.717, 1.165) is 4.68 Å². The van der Waals surface area contributed by atoms with Crippen LogP contribution >= 0.6 is 0 Å². The minimum Gasteiger partial charge on any atom is -0.482 e. The fourth-order valence-electron chi connectivity index (χ4n) is 2.94. The molecule has 0 saturated heterocycles. The zero-order valence-electron chi connectivity index (χ0n) is 14.7. The molecule has 0 radical (unpaired) electrons. The van der Waals surface area contributed by atoms with E-state index in [-0.39, 0.29) is 18.0 Å². The quantitative estimate of drug-likeness (QED) is 0.867. The Hall–Kier alpha value is -2.89. The van der Waals surface area contributed by atoms with Crippen LogP contribution in [0.1, 0.15) is 24.2 Å². The lowest BCUT2D eigenvalue weighted by atomic mass is 9.87. The molecule has 0 aliphatic carbocycles. The first-order chi connectivity index (χ1) is 12.4. The predicted octanol–water partition coefficient (Wildman–Crippen LogP) is 0.930. The number of rotatable bonds is 4. The van der Waals surface area contributed by atoms with E-state index in [1.54, 1.807) is 25.1 Å². The summed E-state index contributed by atoms with van der Waals surface area (Å²) in [4.78, 5) is 11.5. The van der Waals surface area contributed by atoms with Gasteiger partial charge in [0.25, 0.3) is 5.56 Å². The van der Waals surface area contributed by atoms with E-state index in [9.17, 15) is 15.2 Å². The molecule has 0 fully saturated rings. The fourth-order valence-corrected chi connectivity index (χ4v) is 2.94. The number of hydrogen-bond acceptors (Lipinski definition) is 7. The molecule has 2 aromatic rings. The molecule has 0 bridgehead atoms. The lowest BCUT2D eigenvalue weighted by Crippen LogP contribution is -2.55. The molecule has 0 amide bonds. The third-order valence-electron chi connectivity index (χ3n) is 4.32. The summed E-state index contributed by atoms with van der Waals surface area (Å²) in [5, 5.41) is 24.1. The van der Waals surface area contributed by atoms with E-state index in [2.05, 4.69) is 11.2 Å². The summed E-state index contributed by atoms with van der Waals surface area (Å²) in [6, 6.07) is 9.73. The molecule has 8 nitrogen and oxygen atoms in total. The summed E-state index contributed by atoms with van der Waals surface area (Å²) in [5.41, 5.74) is -0.389. The highest BCUT2D eigenvalue weighted by molar-refractivity contribution is 5.46. The Labute approximate surface area is 150 Å². The van der Waals surface area contributed by atoms with Crippen LogP contribution in [0.4, 0.5) is 0 Å². The topological polar surface area (TPSA) is 107 Å². The summed E-state index contributed by atoms with van der Waals surface area (Å²) in [6.45, 7) is 1.85. The molecule has 26 heavy (non-hydrogen) atoms. The third kappa shape index (κ3) is 3.14. The average Bonchev–Trinajstić information content (AvgIpc) is 2.62. The van der Waals surface area contributed by atoms with Crippen molar-refractivity contribution in [3.63, 3.8) is 0 Å². The van der Waals surface area contributed by atoms with Crippen molar-refractivity contribution < 1.29 is 19.3 Å². The number of aliphatic hydroxyl groups is 1. The number of benzene rings is 1. The number of aliphatic hydroxyl groups excluding tert-OH is 1. The van der Waals surface area contributed by atoms with E-state index < -0.39 is 17.8 Å². The SMILES string of the molecule is COCC1(C)Oc2ccc(C#N)cc2C(Oc2ccc(=O)n(C)n2)C1O. The van der Waals surface area contributed by atoms with Gasteiger partial charge >= 0.3 is 0 Å². The van der Waals surface area contributed by atoms with Crippen LogP contribution in [0.25, 0.3) is 0 Å². The smallest absolute Gasteiger partial charge is 0.266 e. The van der Waals surface area contributed by atoms with Crippen LogP contribution in [-0.4, -0.2) is 40.3 Å². The van der Waals surface area contributed by atoms with Crippen molar-refractivity contribution in [2.24, 2.45) is 7.05 Å². The second kappa shape index (κ2) is 6.78. The van der Waals surface area contributed by atoms with Gasteiger partial charge in [0.2, 0.25) is 5.88 Å². The van der Waals surface area contributed by atoms with Gasteiger partial charge in [-0.2, -0.15) is 5.26 Å². The first-order valence-electron chi connectivity index (χ1n) is 7.99. The Kier molecular flexibility index (Phi) is 4.68. The van der Waals surface area contributed by atoms with Crippen molar-refractivity contribution >= 4 is 0 Å². The molecular weight excluding hydrogens is 338 g/mol. The summed E-state index contributed by atoms with van der Waals surface area (Å²) in [5.74, 6) is 0.662. The van der Waals surface area contributed by atoms with E-state index in [1.807, 2.05) is 0 Å². The number of fused-ring (bicyclic) bond motifs is 1. The minimum absolute atomic E-state index is 0.133. The Morgan fingerprint density at radius 1 is 1.42 bits per heavy atom. The first kappa shape index (κ1) is 17.9. The number of aryl methyl sites for hydroxylation is 1. The predicted molar refractivity (Wildman–Crippen MR) is 90.9 cm³/mol. The van der Waals surface area contributed by atoms with Gasteiger partial charge in [-0.3, -0.25) is 4.79 Å². The summed E-state index contributed by atoms with van der Waals surface area (Å²) in [7, 11) is 3.02. The zero-order valence-corrected chi connectivity index (χ0v) is 14.7. The van der Waals surface area contributed by atoms with Gasteiger partial charge < -0.3 is 19.3 Å². The molecular formula is C18H19N3O5. The number of aromatic nitrogens is 2. The number of nitrogens with zero attached hydrogens (tertiary/aromatic N) is 3. The lowest BCUT2D eigenvalue weighted by molar-refractivity contribution is -0.138. The molecule has 8 heteroatoms. The van der Waals surface area contributed by atoms with Gasteiger partial charge in [0.05, 0.1) is 18.2 Å². The number of ether oxygens (including phenoxy) is 3. The standard InChI is InChI=1S/C18H19N3O5/c1-18(10-24-3)17(23)16(25-14-6-7-15(22)21(2)20-14)12-8-11(9-19)4-5-13(12)26-18/h4-8,16-17,23H,10H2,1-3H3. The van der Waals surface area contributed by atoms with Crippen molar-refractivity contribution in [3.05, 3.63) is 51.8 Å². The molecule has 2 heterocycles. The van der Waals surface area contributed by atoms with Gasteiger partial charge in [-0.1, -0.05) is 0 Å². The molecule has 0 saturated carbocycles. The molecule has 1 N–H and O–H groups in total. The van der Waals surface area contributed by atoms with E-state index in [1.165, 1.54) is 26.3 Å².